The smallest absolute Gasteiger partial charge is 0.310 e. The molecule has 0 saturated heterocycles. The van der Waals surface area contributed by atoms with Crippen molar-refractivity contribution in [1.82, 2.24) is 0 Å². The van der Waals surface area contributed by atoms with Crippen molar-refractivity contribution < 1.29 is 9.90 Å². The van der Waals surface area contributed by atoms with E-state index in [2.05, 4.69) is 6.92 Å². The number of carboxylic acid groups (broad SMARTS) is 1. The van der Waals surface area contributed by atoms with Crippen molar-refractivity contribution >= 4 is 5.97 Å². The predicted octanol–water partition coefficient (Wildman–Crippen LogP) is 5.18. The second kappa shape index (κ2) is 11.3. The molecule has 0 fully saturated rings. The van der Waals surface area contributed by atoms with Gasteiger partial charge in [-0.25, -0.2) is 0 Å². The summed E-state index contributed by atoms with van der Waals surface area (Å²) in [6, 6.07) is 0. The fraction of sp³-hybridized carbons (Fsp3) is 0.812. The van der Waals surface area contributed by atoms with Gasteiger partial charge in [0.2, 0.25) is 0 Å². The third-order valence-electron chi connectivity index (χ3n) is 3.35. The Labute approximate surface area is 112 Å². The molecule has 0 bridgehead atoms. The summed E-state index contributed by atoms with van der Waals surface area (Å²) < 4.78 is 0. The monoisotopic (exact) mass is 254 g/mol. The molecule has 0 aromatic heterocycles. The molecule has 106 valence electrons. The van der Waals surface area contributed by atoms with Gasteiger partial charge < -0.3 is 5.11 Å². The van der Waals surface area contributed by atoms with Crippen LogP contribution in [-0.4, -0.2) is 11.1 Å². The van der Waals surface area contributed by atoms with E-state index in [0.717, 1.165) is 6.42 Å². The molecule has 0 amide bonds. The summed E-state index contributed by atoms with van der Waals surface area (Å²) in [7, 11) is 0. The Hall–Kier alpha value is -0.790. The lowest BCUT2D eigenvalue weighted by molar-refractivity contribution is -0.139. The fourth-order valence-electron chi connectivity index (χ4n) is 2.12. The molecular weight excluding hydrogens is 224 g/mol. The van der Waals surface area contributed by atoms with Crippen LogP contribution in [0, 0.1) is 5.92 Å². The van der Waals surface area contributed by atoms with Crippen LogP contribution in [0.1, 0.15) is 78.6 Å². The first-order valence-corrected chi connectivity index (χ1v) is 7.48. The minimum atomic E-state index is -0.731. The van der Waals surface area contributed by atoms with Gasteiger partial charge in [-0.1, -0.05) is 63.5 Å². The van der Waals surface area contributed by atoms with E-state index in [0.29, 0.717) is 0 Å². The molecule has 2 heteroatoms. The third-order valence-corrected chi connectivity index (χ3v) is 3.35. The Morgan fingerprint density at radius 2 is 1.56 bits per heavy atom. The maximum atomic E-state index is 10.7. The van der Waals surface area contributed by atoms with Gasteiger partial charge in [0.25, 0.3) is 0 Å². The molecular formula is C16H30O2. The van der Waals surface area contributed by atoms with E-state index in [1.165, 1.54) is 56.9 Å². The lowest BCUT2D eigenvalue weighted by Crippen LogP contribution is -2.06. The number of unbranched alkanes of at least 4 members (excludes halogenated alkanes) is 7. The molecule has 0 radical (unpaired) electrons. The standard InChI is InChI=1S/C16H30O2/c1-4-5-6-7-8-9-10-11-12-14(2)13-15(3)16(17)18/h13,15H,4-12H2,1-3H3,(H,17,18)/b14-13+/t15-/m0/s1. The second-order valence-electron chi connectivity index (χ2n) is 5.36. The van der Waals surface area contributed by atoms with Gasteiger partial charge in [0, 0.05) is 0 Å². The number of hydrogen-bond donors (Lipinski definition) is 1. The first-order valence-electron chi connectivity index (χ1n) is 7.48. The van der Waals surface area contributed by atoms with Gasteiger partial charge in [-0.3, -0.25) is 4.79 Å². The van der Waals surface area contributed by atoms with E-state index in [1.807, 2.05) is 13.0 Å². The molecule has 0 aliphatic carbocycles. The first-order chi connectivity index (χ1) is 8.57. The van der Waals surface area contributed by atoms with E-state index in [-0.39, 0.29) is 5.92 Å². The molecule has 1 atom stereocenters. The number of allylic oxidation sites excluding steroid dienone is 1. The van der Waals surface area contributed by atoms with Crippen molar-refractivity contribution in [2.45, 2.75) is 78.6 Å². The van der Waals surface area contributed by atoms with Gasteiger partial charge in [-0.2, -0.15) is 0 Å². The van der Waals surface area contributed by atoms with E-state index < -0.39 is 5.97 Å². The van der Waals surface area contributed by atoms with Crippen LogP contribution in [0.3, 0.4) is 0 Å². The van der Waals surface area contributed by atoms with Crippen molar-refractivity contribution in [2.75, 3.05) is 0 Å². The zero-order valence-electron chi connectivity index (χ0n) is 12.4. The molecule has 0 aliphatic rings. The average molecular weight is 254 g/mol. The maximum absolute atomic E-state index is 10.7. The molecule has 0 aromatic rings. The molecule has 2 nitrogen and oxygen atoms in total. The predicted molar refractivity (Wildman–Crippen MR) is 77.8 cm³/mol. The highest BCUT2D eigenvalue weighted by atomic mass is 16.4. The van der Waals surface area contributed by atoms with Gasteiger partial charge in [0.1, 0.15) is 0 Å². The van der Waals surface area contributed by atoms with Gasteiger partial charge in [0.15, 0.2) is 0 Å². The van der Waals surface area contributed by atoms with Crippen molar-refractivity contribution in [3.05, 3.63) is 11.6 Å². The molecule has 18 heavy (non-hydrogen) atoms. The molecule has 0 heterocycles. The largest absolute Gasteiger partial charge is 0.481 e. The normalized spacial score (nSPS) is 13.6. The number of carboxylic acids is 1. The van der Waals surface area contributed by atoms with Gasteiger partial charge in [0.05, 0.1) is 5.92 Å². The quantitative estimate of drug-likeness (QED) is 0.407. The Balaban J connectivity index is 3.46. The van der Waals surface area contributed by atoms with Crippen LogP contribution < -0.4 is 0 Å². The summed E-state index contributed by atoms with van der Waals surface area (Å²) in [5.74, 6) is -1.08. The molecule has 0 aliphatic heterocycles. The van der Waals surface area contributed by atoms with E-state index in [1.54, 1.807) is 6.92 Å². The highest BCUT2D eigenvalue weighted by Gasteiger charge is 2.06. The highest BCUT2D eigenvalue weighted by molar-refractivity contribution is 5.71. The van der Waals surface area contributed by atoms with E-state index >= 15 is 0 Å². The Bertz CT molecular complexity index is 243. The summed E-state index contributed by atoms with van der Waals surface area (Å²) in [5.41, 5.74) is 1.22. The third kappa shape index (κ3) is 10.4. The number of carbonyl (C=O) groups is 1. The van der Waals surface area contributed by atoms with Crippen molar-refractivity contribution in [3.8, 4) is 0 Å². The minimum absolute atomic E-state index is 0.348. The lowest BCUT2D eigenvalue weighted by atomic mass is 10.0. The molecule has 0 rings (SSSR count). The SMILES string of the molecule is CCCCCCCCCC/C(C)=C/[C@H](C)C(=O)O. The van der Waals surface area contributed by atoms with Crippen LogP contribution in [0.25, 0.3) is 0 Å². The lowest BCUT2D eigenvalue weighted by Gasteiger charge is -2.05. The highest BCUT2D eigenvalue weighted by Crippen LogP contribution is 2.14. The van der Waals surface area contributed by atoms with E-state index in [9.17, 15) is 4.79 Å². The van der Waals surface area contributed by atoms with Crippen molar-refractivity contribution in [3.63, 3.8) is 0 Å². The number of rotatable bonds is 11. The topological polar surface area (TPSA) is 37.3 Å². The van der Waals surface area contributed by atoms with Crippen LogP contribution in [0.15, 0.2) is 11.6 Å². The molecule has 0 spiro atoms. The zero-order valence-corrected chi connectivity index (χ0v) is 12.4. The molecule has 0 aromatic carbocycles. The molecule has 0 unspecified atom stereocenters. The van der Waals surface area contributed by atoms with Crippen molar-refractivity contribution in [1.29, 1.82) is 0 Å². The first kappa shape index (κ1) is 17.2. The van der Waals surface area contributed by atoms with E-state index in [4.69, 9.17) is 5.11 Å². The molecule has 1 N–H and O–H groups in total. The van der Waals surface area contributed by atoms with Crippen LogP contribution >= 0.6 is 0 Å². The minimum Gasteiger partial charge on any atom is -0.481 e. The molecule has 0 saturated carbocycles. The summed E-state index contributed by atoms with van der Waals surface area (Å²) in [6.45, 7) is 6.02. The van der Waals surface area contributed by atoms with Gasteiger partial charge in [-0.05, 0) is 26.7 Å². The summed E-state index contributed by atoms with van der Waals surface area (Å²) in [5, 5.41) is 8.80. The van der Waals surface area contributed by atoms with Gasteiger partial charge >= 0.3 is 5.97 Å². The van der Waals surface area contributed by atoms with Crippen LogP contribution in [-0.2, 0) is 4.79 Å². The Morgan fingerprint density at radius 3 is 2.06 bits per heavy atom. The Morgan fingerprint density at radius 1 is 1.06 bits per heavy atom. The van der Waals surface area contributed by atoms with Crippen LogP contribution in [0.2, 0.25) is 0 Å². The summed E-state index contributed by atoms with van der Waals surface area (Å²) >= 11 is 0. The Kier molecular flexibility index (Phi) is 10.8. The fourth-order valence-corrected chi connectivity index (χ4v) is 2.12. The second-order valence-corrected chi connectivity index (χ2v) is 5.36. The van der Waals surface area contributed by atoms with Crippen LogP contribution in [0.4, 0.5) is 0 Å². The number of aliphatic carboxylic acids is 1. The summed E-state index contributed by atoms with van der Waals surface area (Å²) in [4.78, 5) is 10.7. The zero-order chi connectivity index (χ0) is 13.8. The average Bonchev–Trinajstić information content (AvgIpc) is 2.32. The maximum Gasteiger partial charge on any atom is 0.310 e. The van der Waals surface area contributed by atoms with Crippen molar-refractivity contribution in [2.24, 2.45) is 5.92 Å². The number of hydrogen-bond acceptors (Lipinski definition) is 1. The van der Waals surface area contributed by atoms with Crippen LogP contribution in [0.5, 0.6) is 0 Å². The van der Waals surface area contributed by atoms with Gasteiger partial charge in [-0.15, -0.1) is 0 Å². The summed E-state index contributed by atoms with van der Waals surface area (Å²) in [6.07, 6.45) is 13.5.